The lowest BCUT2D eigenvalue weighted by atomic mass is 10.0. The zero-order valence-electron chi connectivity index (χ0n) is 12.3. The van der Waals surface area contributed by atoms with Gasteiger partial charge >= 0.3 is 0 Å². The smallest absolute Gasteiger partial charge is 0.123 e. The Morgan fingerprint density at radius 1 is 1.33 bits per heavy atom. The number of hydrogen-bond acceptors (Lipinski definition) is 3. The maximum atomic E-state index is 5.79. The molecule has 0 spiro atoms. The maximum absolute atomic E-state index is 5.79. The molecule has 0 aromatic heterocycles. The summed E-state index contributed by atoms with van der Waals surface area (Å²) in [5, 5.41) is 0. The molecule has 0 heterocycles. The van der Waals surface area contributed by atoms with Gasteiger partial charge in [-0.3, -0.25) is 0 Å². The topological polar surface area (TPSA) is 38.5 Å². The Morgan fingerprint density at radius 3 is 2.56 bits per heavy atom. The van der Waals surface area contributed by atoms with Crippen LogP contribution in [0.25, 0.3) is 0 Å². The summed E-state index contributed by atoms with van der Waals surface area (Å²) in [7, 11) is 3.86. The fourth-order valence-electron chi connectivity index (χ4n) is 2.12. The van der Waals surface area contributed by atoms with Gasteiger partial charge in [0.25, 0.3) is 0 Å². The molecule has 102 valence electrons. The second kappa shape index (κ2) is 6.76. The highest BCUT2D eigenvalue weighted by Crippen LogP contribution is 2.25. The lowest BCUT2D eigenvalue weighted by molar-refractivity contribution is 0.305. The monoisotopic (exact) mass is 250 g/mol. The van der Waals surface area contributed by atoms with Crippen molar-refractivity contribution in [1.82, 2.24) is 4.90 Å². The Balaban J connectivity index is 2.77. The summed E-state index contributed by atoms with van der Waals surface area (Å²) >= 11 is 0. The molecule has 1 unspecified atom stereocenters. The highest BCUT2D eigenvalue weighted by molar-refractivity contribution is 5.42. The number of benzene rings is 1. The minimum atomic E-state index is 0.258. The fourth-order valence-corrected chi connectivity index (χ4v) is 2.12. The number of ether oxygens (including phenoxy) is 1. The van der Waals surface area contributed by atoms with Crippen LogP contribution in [0.15, 0.2) is 12.1 Å². The molecule has 0 radical (unpaired) electrons. The normalized spacial score (nSPS) is 12.8. The average Bonchev–Trinajstić information content (AvgIpc) is 2.29. The van der Waals surface area contributed by atoms with Gasteiger partial charge in [0, 0.05) is 18.2 Å². The van der Waals surface area contributed by atoms with E-state index in [1.807, 2.05) is 6.92 Å². The fraction of sp³-hybridized carbons (Fsp3) is 0.600. The lowest BCUT2D eigenvalue weighted by Crippen LogP contribution is -2.26. The molecule has 3 heteroatoms. The van der Waals surface area contributed by atoms with E-state index in [9.17, 15) is 0 Å². The van der Waals surface area contributed by atoms with Crippen molar-refractivity contribution in [1.29, 1.82) is 0 Å². The van der Waals surface area contributed by atoms with E-state index in [1.54, 1.807) is 7.11 Å². The molecule has 1 aromatic carbocycles. The van der Waals surface area contributed by atoms with Crippen LogP contribution in [-0.2, 0) is 6.54 Å². The van der Waals surface area contributed by atoms with Crippen molar-refractivity contribution in [3.8, 4) is 5.75 Å². The number of aryl methyl sites for hydroxylation is 2. The first kappa shape index (κ1) is 15.0. The zero-order valence-corrected chi connectivity index (χ0v) is 12.3. The van der Waals surface area contributed by atoms with Crippen molar-refractivity contribution in [2.45, 2.75) is 39.8 Å². The number of methoxy groups -OCH3 is 1. The summed E-state index contributed by atoms with van der Waals surface area (Å²) < 4.78 is 5.48. The molecule has 1 atom stereocenters. The molecule has 1 aromatic rings. The number of nitrogens with two attached hydrogens (primary N) is 1. The second-order valence-corrected chi connectivity index (χ2v) is 5.27. The molecule has 0 saturated heterocycles. The van der Waals surface area contributed by atoms with Crippen LogP contribution in [0.2, 0.25) is 0 Å². The number of nitrogens with zero attached hydrogens (tertiary/aromatic N) is 1. The lowest BCUT2D eigenvalue weighted by Gasteiger charge is -2.21. The summed E-state index contributed by atoms with van der Waals surface area (Å²) in [6.07, 6.45) is 1.02. The quantitative estimate of drug-likeness (QED) is 0.843. The van der Waals surface area contributed by atoms with Crippen molar-refractivity contribution in [3.05, 3.63) is 28.8 Å². The summed E-state index contributed by atoms with van der Waals surface area (Å²) in [4.78, 5) is 2.30. The minimum Gasteiger partial charge on any atom is -0.496 e. The van der Waals surface area contributed by atoms with Gasteiger partial charge in [-0.05, 0) is 58.0 Å². The second-order valence-electron chi connectivity index (χ2n) is 5.27. The first-order chi connectivity index (χ1) is 8.43. The molecule has 0 fully saturated rings. The first-order valence-electron chi connectivity index (χ1n) is 6.52. The molecular formula is C15H26N2O. The van der Waals surface area contributed by atoms with E-state index in [1.165, 1.54) is 16.7 Å². The number of rotatable bonds is 6. The van der Waals surface area contributed by atoms with Crippen LogP contribution >= 0.6 is 0 Å². The number of hydrogen-bond donors (Lipinski definition) is 1. The van der Waals surface area contributed by atoms with Crippen LogP contribution in [0.1, 0.15) is 30.0 Å². The molecule has 0 bridgehead atoms. The minimum absolute atomic E-state index is 0.258. The molecule has 3 nitrogen and oxygen atoms in total. The molecule has 0 aliphatic heterocycles. The Kier molecular flexibility index (Phi) is 5.63. The first-order valence-corrected chi connectivity index (χ1v) is 6.52. The van der Waals surface area contributed by atoms with E-state index in [0.717, 1.165) is 25.3 Å². The Hall–Kier alpha value is -1.06. The van der Waals surface area contributed by atoms with Crippen LogP contribution in [-0.4, -0.2) is 31.6 Å². The van der Waals surface area contributed by atoms with Crippen molar-refractivity contribution in [3.63, 3.8) is 0 Å². The van der Waals surface area contributed by atoms with Gasteiger partial charge in [0.15, 0.2) is 0 Å². The molecule has 0 saturated carbocycles. The largest absolute Gasteiger partial charge is 0.496 e. The summed E-state index contributed by atoms with van der Waals surface area (Å²) in [5.41, 5.74) is 9.60. The SMILES string of the molecule is COc1cc(C)cc(C)c1CN(C)CCC(C)N. The van der Waals surface area contributed by atoms with Crippen LogP contribution in [0, 0.1) is 13.8 Å². The third-order valence-corrected chi connectivity index (χ3v) is 3.19. The van der Waals surface area contributed by atoms with Crippen LogP contribution in [0.4, 0.5) is 0 Å². The third kappa shape index (κ3) is 4.31. The molecule has 0 aliphatic carbocycles. The molecular weight excluding hydrogens is 224 g/mol. The zero-order chi connectivity index (χ0) is 13.7. The molecule has 1 rings (SSSR count). The van der Waals surface area contributed by atoms with Gasteiger partial charge in [0.2, 0.25) is 0 Å². The highest BCUT2D eigenvalue weighted by atomic mass is 16.5. The van der Waals surface area contributed by atoms with Gasteiger partial charge in [0.05, 0.1) is 7.11 Å². The van der Waals surface area contributed by atoms with Crippen molar-refractivity contribution in [2.24, 2.45) is 5.73 Å². The van der Waals surface area contributed by atoms with Gasteiger partial charge < -0.3 is 15.4 Å². The third-order valence-electron chi connectivity index (χ3n) is 3.19. The van der Waals surface area contributed by atoms with Crippen molar-refractivity contribution in [2.75, 3.05) is 20.7 Å². The predicted molar refractivity (Wildman–Crippen MR) is 77.1 cm³/mol. The Labute approximate surface area is 111 Å². The summed E-state index contributed by atoms with van der Waals surface area (Å²) in [6.45, 7) is 8.20. The van der Waals surface area contributed by atoms with Gasteiger partial charge in [-0.25, -0.2) is 0 Å². The Morgan fingerprint density at radius 2 is 2.00 bits per heavy atom. The van der Waals surface area contributed by atoms with Crippen molar-refractivity contribution >= 4 is 0 Å². The molecule has 2 N–H and O–H groups in total. The average molecular weight is 250 g/mol. The van der Waals surface area contributed by atoms with Crippen LogP contribution < -0.4 is 10.5 Å². The van der Waals surface area contributed by atoms with Gasteiger partial charge in [-0.15, -0.1) is 0 Å². The Bertz CT molecular complexity index is 388. The van der Waals surface area contributed by atoms with E-state index in [0.29, 0.717) is 0 Å². The van der Waals surface area contributed by atoms with E-state index < -0.39 is 0 Å². The summed E-state index contributed by atoms with van der Waals surface area (Å²) in [6, 6.07) is 4.56. The van der Waals surface area contributed by atoms with Gasteiger partial charge in [-0.2, -0.15) is 0 Å². The maximum Gasteiger partial charge on any atom is 0.123 e. The van der Waals surface area contributed by atoms with E-state index in [4.69, 9.17) is 10.5 Å². The summed E-state index contributed by atoms with van der Waals surface area (Å²) in [5.74, 6) is 0.986. The highest BCUT2D eigenvalue weighted by Gasteiger charge is 2.10. The molecule has 18 heavy (non-hydrogen) atoms. The predicted octanol–water partition coefficient (Wildman–Crippen LogP) is 2.48. The van der Waals surface area contributed by atoms with E-state index >= 15 is 0 Å². The van der Waals surface area contributed by atoms with Crippen molar-refractivity contribution < 1.29 is 4.74 Å². The van der Waals surface area contributed by atoms with Gasteiger partial charge in [-0.1, -0.05) is 6.07 Å². The van der Waals surface area contributed by atoms with Gasteiger partial charge in [0.1, 0.15) is 5.75 Å². The standard InChI is InChI=1S/C15H26N2O/c1-11-8-12(2)14(15(9-11)18-5)10-17(4)7-6-13(3)16/h8-9,13H,6-7,10,16H2,1-5H3. The molecule has 0 amide bonds. The molecule has 0 aliphatic rings. The van der Waals surface area contributed by atoms with Crippen LogP contribution in [0.3, 0.4) is 0 Å². The van der Waals surface area contributed by atoms with Crippen LogP contribution in [0.5, 0.6) is 5.75 Å². The van der Waals surface area contributed by atoms with E-state index in [-0.39, 0.29) is 6.04 Å². The van der Waals surface area contributed by atoms with E-state index in [2.05, 4.69) is 37.9 Å².